The van der Waals surface area contributed by atoms with Gasteiger partial charge in [0.25, 0.3) is 0 Å². The van der Waals surface area contributed by atoms with Gasteiger partial charge in [0.1, 0.15) is 5.75 Å². The molecule has 1 aromatic carbocycles. The van der Waals surface area contributed by atoms with Gasteiger partial charge in [0.15, 0.2) is 0 Å². The van der Waals surface area contributed by atoms with Crippen molar-refractivity contribution >= 4 is 23.2 Å². The molecule has 0 fully saturated rings. The van der Waals surface area contributed by atoms with Crippen molar-refractivity contribution in [2.45, 2.75) is 26.3 Å². The van der Waals surface area contributed by atoms with E-state index in [4.69, 9.17) is 10.5 Å². The Bertz CT molecular complexity index is 474. The van der Waals surface area contributed by atoms with E-state index in [1.54, 1.807) is 18.2 Å². The quantitative estimate of drug-likeness (QED) is 0.748. The number of methoxy groups -OCH3 is 1. The standard InChI is InChI=1S/C13H19N3O3/c1-4-10(14)13(18)16-9-5-6-11(15-8(2)17)12(7-9)19-3/h5-7,10H,4,14H2,1-3H3,(H,15,17)(H,16,18)/t10-/m1/s1. The number of rotatable bonds is 5. The minimum Gasteiger partial charge on any atom is -0.494 e. The Morgan fingerprint density at radius 1 is 1.37 bits per heavy atom. The minimum atomic E-state index is -0.541. The molecular formula is C13H19N3O3. The molecule has 6 heteroatoms. The molecule has 1 atom stereocenters. The number of hydrogen-bond donors (Lipinski definition) is 3. The van der Waals surface area contributed by atoms with Crippen LogP contribution in [-0.4, -0.2) is 25.0 Å². The molecule has 0 aliphatic carbocycles. The normalized spacial score (nSPS) is 11.6. The average molecular weight is 265 g/mol. The van der Waals surface area contributed by atoms with E-state index in [0.29, 0.717) is 23.5 Å². The van der Waals surface area contributed by atoms with Crippen molar-refractivity contribution in [1.82, 2.24) is 0 Å². The van der Waals surface area contributed by atoms with Gasteiger partial charge in [-0.25, -0.2) is 0 Å². The first kappa shape index (κ1) is 15.0. The molecule has 0 spiro atoms. The summed E-state index contributed by atoms with van der Waals surface area (Å²) in [6.45, 7) is 3.25. The number of hydrogen-bond acceptors (Lipinski definition) is 4. The van der Waals surface area contributed by atoms with E-state index in [2.05, 4.69) is 10.6 Å². The Balaban J connectivity index is 2.87. The molecule has 0 heterocycles. The van der Waals surface area contributed by atoms with Gasteiger partial charge in [-0.05, 0) is 18.6 Å². The van der Waals surface area contributed by atoms with E-state index in [9.17, 15) is 9.59 Å². The molecule has 1 rings (SSSR count). The first-order valence-electron chi connectivity index (χ1n) is 6.00. The van der Waals surface area contributed by atoms with Gasteiger partial charge in [-0.3, -0.25) is 9.59 Å². The van der Waals surface area contributed by atoms with Crippen molar-refractivity contribution in [1.29, 1.82) is 0 Å². The molecule has 4 N–H and O–H groups in total. The summed E-state index contributed by atoms with van der Waals surface area (Å²) in [7, 11) is 1.49. The molecule has 19 heavy (non-hydrogen) atoms. The van der Waals surface area contributed by atoms with Crippen LogP contribution in [0.1, 0.15) is 20.3 Å². The summed E-state index contributed by atoms with van der Waals surface area (Å²) in [5.41, 5.74) is 6.75. The van der Waals surface area contributed by atoms with E-state index in [-0.39, 0.29) is 11.8 Å². The molecule has 0 bridgehead atoms. The number of ether oxygens (including phenoxy) is 1. The Morgan fingerprint density at radius 2 is 2.05 bits per heavy atom. The summed E-state index contributed by atoms with van der Waals surface area (Å²) in [6, 6.07) is 4.42. The van der Waals surface area contributed by atoms with Crippen molar-refractivity contribution in [2.24, 2.45) is 5.73 Å². The van der Waals surface area contributed by atoms with Crippen LogP contribution in [0.3, 0.4) is 0 Å². The van der Waals surface area contributed by atoms with Crippen molar-refractivity contribution in [2.75, 3.05) is 17.7 Å². The van der Waals surface area contributed by atoms with Gasteiger partial charge in [-0.1, -0.05) is 6.92 Å². The molecule has 0 aliphatic rings. The van der Waals surface area contributed by atoms with Gasteiger partial charge in [0, 0.05) is 18.7 Å². The van der Waals surface area contributed by atoms with Crippen LogP contribution in [-0.2, 0) is 9.59 Å². The lowest BCUT2D eigenvalue weighted by Crippen LogP contribution is -2.34. The third-order valence-corrected chi connectivity index (χ3v) is 2.56. The predicted molar refractivity (Wildman–Crippen MR) is 74.2 cm³/mol. The maximum absolute atomic E-state index is 11.7. The molecule has 0 aromatic heterocycles. The van der Waals surface area contributed by atoms with E-state index < -0.39 is 6.04 Å². The lowest BCUT2D eigenvalue weighted by atomic mass is 10.2. The number of nitrogens with two attached hydrogens (primary N) is 1. The summed E-state index contributed by atoms with van der Waals surface area (Å²) in [5, 5.41) is 5.33. The molecule has 1 aromatic rings. The summed E-state index contributed by atoms with van der Waals surface area (Å²) in [4.78, 5) is 22.7. The van der Waals surface area contributed by atoms with Crippen molar-refractivity contribution in [3.05, 3.63) is 18.2 Å². The van der Waals surface area contributed by atoms with E-state index in [1.165, 1.54) is 14.0 Å². The zero-order valence-corrected chi connectivity index (χ0v) is 11.3. The molecule has 0 radical (unpaired) electrons. The molecule has 2 amide bonds. The van der Waals surface area contributed by atoms with Gasteiger partial charge in [0.2, 0.25) is 11.8 Å². The third-order valence-electron chi connectivity index (χ3n) is 2.56. The van der Waals surface area contributed by atoms with Gasteiger partial charge in [0.05, 0.1) is 18.8 Å². The van der Waals surface area contributed by atoms with Gasteiger partial charge in [-0.15, -0.1) is 0 Å². The van der Waals surface area contributed by atoms with Crippen molar-refractivity contribution < 1.29 is 14.3 Å². The topological polar surface area (TPSA) is 93.5 Å². The second-order valence-electron chi connectivity index (χ2n) is 4.10. The summed E-state index contributed by atoms with van der Waals surface area (Å²) >= 11 is 0. The maximum Gasteiger partial charge on any atom is 0.241 e. The summed E-state index contributed by atoms with van der Waals surface area (Å²) in [6.07, 6.45) is 0.562. The van der Waals surface area contributed by atoms with Crippen LogP contribution in [0.5, 0.6) is 5.75 Å². The molecule has 0 saturated carbocycles. The number of nitrogens with one attached hydrogen (secondary N) is 2. The summed E-state index contributed by atoms with van der Waals surface area (Å²) in [5.74, 6) is 0.0259. The van der Waals surface area contributed by atoms with Gasteiger partial charge >= 0.3 is 0 Å². The average Bonchev–Trinajstić information content (AvgIpc) is 2.38. The SMILES string of the molecule is CC[C@@H](N)C(=O)Nc1ccc(NC(C)=O)c(OC)c1. The van der Waals surface area contributed by atoms with E-state index in [0.717, 1.165) is 0 Å². The highest BCUT2D eigenvalue weighted by Gasteiger charge is 2.12. The zero-order valence-electron chi connectivity index (χ0n) is 11.3. The molecule has 0 saturated heterocycles. The highest BCUT2D eigenvalue weighted by atomic mass is 16.5. The molecule has 0 aliphatic heterocycles. The fourth-order valence-corrected chi connectivity index (χ4v) is 1.48. The predicted octanol–water partition coefficient (Wildman–Crippen LogP) is 1.33. The van der Waals surface area contributed by atoms with Crippen LogP contribution in [0.25, 0.3) is 0 Å². The van der Waals surface area contributed by atoms with E-state index in [1.807, 2.05) is 6.92 Å². The van der Waals surface area contributed by atoms with Crippen LogP contribution in [0.15, 0.2) is 18.2 Å². The number of amides is 2. The minimum absolute atomic E-state index is 0.192. The fourth-order valence-electron chi connectivity index (χ4n) is 1.48. The maximum atomic E-state index is 11.7. The lowest BCUT2D eigenvalue weighted by Gasteiger charge is -2.13. The number of anilines is 2. The second-order valence-corrected chi connectivity index (χ2v) is 4.10. The van der Waals surface area contributed by atoms with Crippen LogP contribution < -0.4 is 21.1 Å². The van der Waals surface area contributed by atoms with Crippen LogP contribution in [0.2, 0.25) is 0 Å². The van der Waals surface area contributed by atoms with Crippen LogP contribution in [0, 0.1) is 0 Å². The Hall–Kier alpha value is -2.08. The first-order chi connectivity index (χ1) is 8.97. The number of carbonyl (C=O) groups is 2. The molecule has 6 nitrogen and oxygen atoms in total. The van der Waals surface area contributed by atoms with Gasteiger partial charge < -0.3 is 21.1 Å². The molecule has 104 valence electrons. The Kier molecular flexibility index (Phi) is 5.32. The first-order valence-corrected chi connectivity index (χ1v) is 6.00. The van der Waals surface area contributed by atoms with Crippen molar-refractivity contribution in [3.8, 4) is 5.75 Å². The zero-order chi connectivity index (χ0) is 14.4. The second kappa shape index (κ2) is 6.75. The Labute approximate surface area is 112 Å². The highest BCUT2D eigenvalue weighted by Crippen LogP contribution is 2.27. The monoisotopic (exact) mass is 265 g/mol. The van der Waals surface area contributed by atoms with Crippen LogP contribution in [0.4, 0.5) is 11.4 Å². The fraction of sp³-hybridized carbons (Fsp3) is 0.385. The number of carbonyl (C=O) groups excluding carboxylic acids is 2. The lowest BCUT2D eigenvalue weighted by molar-refractivity contribution is -0.117. The smallest absolute Gasteiger partial charge is 0.241 e. The van der Waals surface area contributed by atoms with Gasteiger partial charge in [-0.2, -0.15) is 0 Å². The summed E-state index contributed by atoms with van der Waals surface area (Å²) < 4.78 is 5.16. The number of benzene rings is 1. The van der Waals surface area contributed by atoms with E-state index >= 15 is 0 Å². The van der Waals surface area contributed by atoms with Crippen LogP contribution >= 0.6 is 0 Å². The third kappa shape index (κ3) is 4.26. The molecule has 0 unspecified atom stereocenters. The highest BCUT2D eigenvalue weighted by molar-refractivity contribution is 5.96. The molecular weight excluding hydrogens is 246 g/mol. The largest absolute Gasteiger partial charge is 0.494 e. The van der Waals surface area contributed by atoms with Crippen molar-refractivity contribution in [3.63, 3.8) is 0 Å². The Morgan fingerprint density at radius 3 is 2.58 bits per heavy atom.